The second kappa shape index (κ2) is 5.72. The van der Waals surface area contributed by atoms with Crippen LogP contribution in [0, 0.1) is 5.92 Å². The molecule has 3 heteroatoms. The molecule has 0 saturated carbocycles. The number of hydrogen-bond donors (Lipinski definition) is 1. The summed E-state index contributed by atoms with van der Waals surface area (Å²) in [6, 6.07) is 3.93. The fraction of sp³-hybridized carbons (Fsp3) is 0.733. The van der Waals surface area contributed by atoms with Crippen LogP contribution in [-0.2, 0) is 6.54 Å². The third-order valence-corrected chi connectivity index (χ3v) is 5.25. The van der Waals surface area contributed by atoms with E-state index in [1.54, 1.807) is 11.3 Å². The Morgan fingerprint density at radius 3 is 2.78 bits per heavy atom. The SMILES string of the molecule is CN(CCC1CC2CCC(C1)N2)Cc1ccsc1. The van der Waals surface area contributed by atoms with E-state index in [1.807, 2.05) is 0 Å². The van der Waals surface area contributed by atoms with E-state index in [1.165, 1.54) is 44.2 Å². The minimum absolute atomic E-state index is 0.843. The molecule has 18 heavy (non-hydrogen) atoms. The first-order valence-corrected chi connectivity index (χ1v) is 8.19. The first-order valence-electron chi connectivity index (χ1n) is 7.25. The van der Waals surface area contributed by atoms with Crippen molar-refractivity contribution in [3.63, 3.8) is 0 Å². The molecule has 0 amide bonds. The molecule has 2 atom stereocenters. The number of fused-ring (bicyclic) bond motifs is 2. The summed E-state index contributed by atoms with van der Waals surface area (Å²) in [5.74, 6) is 0.966. The van der Waals surface area contributed by atoms with Gasteiger partial charge in [-0.05, 0) is 74.0 Å². The molecule has 2 aliphatic rings. The minimum Gasteiger partial charge on any atom is -0.311 e. The van der Waals surface area contributed by atoms with Crippen molar-refractivity contribution in [1.82, 2.24) is 10.2 Å². The predicted molar refractivity (Wildman–Crippen MR) is 77.9 cm³/mol. The highest BCUT2D eigenvalue weighted by Crippen LogP contribution is 2.32. The Bertz CT molecular complexity index is 351. The van der Waals surface area contributed by atoms with Crippen molar-refractivity contribution in [2.75, 3.05) is 13.6 Å². The van der Waals surface area contributed by atoms with Crippen LogP contribution < -0.4 is 5.32 Å². The number of piperidine rings is 1. The van der Waals surface area contributed by atoms with Crippen LogP contribution in [0.5, 0.6) is 0 Å². The fourth-order valence-corrected chi connectivity index (χ4v) is 4.25. The van der Waals surface area contributed by atoms with Gasteiger partial charge in [0, 0.05) is 18.6 Å². The molecule has 2 aliphatic heterocycles. The van der Waals surface area contributed by atoms with E-state index < -0.39 is 0 Å². The number of nitrogens with zero attached hydrogens (tertiary/aromatic N) is 1. The van der Waals surface area contributed by atoms with Gasteiger partial charge in [-0.1, -0.05) is 0 Å². The van der Waals surface area contributed by atoms with Gasteiger partial charge in [0.05, 0.1) is 0 Å². The van der Waals surface area contributed by atoms with Gasteiger partial charge in [0.2, 0.25) is 0 Å². The maximum atomic E-state index is 3.73. The highest BCUT2D eigenvalue weighted by Gasteiger charge is 2.32. The Labute approximate surface area is 114 Å². The zero-order chi connectivity index (χ0) is 12.4. The van der Waals surface area contributed by atoms with Crippen LogP contribution in [0.25, 0.3) is 0 Å². The van der Waals surface area contributed by atoms with Gasteiger partial charge < -0.3 is 10.2 Å². The lowest BCUT2D eigenvalue weighted by molar-refractivity contribution is 0.238. The van der Waals surface area contributed by atoms with E-state index in [4.69, 9.17) is 0 Å². The van der Waals surface area contributed by atoms with Crippen LogP contribution in [0.3, 0.4) is 0 Å². The van der Waals surface area contributed by atoms with Crippen molar-refractivity contribution in [1.29, 1.82) is 0 Å². The van der Waals surface area contributed by atoms with Gasteiger partial charge in [0.1, 0.15) is 0 Å². The molecular formula is C15H24N2S. The molecule has 0 aliphatic carbocycles. The molecule has 2 unspecified atom stereocenters. The smallest absolute Gasteiger partial charge is 0.0238 e. The highest BCUT2D eigenvalue weighted by atomic mass is 32.1. The maximum Gasteiger partial charge on any atom is 0.0238 e. The average Bonchev–Trinajstić information content (AvgIpc) is 2.97. The number of nitrogens with one attached hydrogen (secondary N) is 1. The van der Waals surface area contributed by atoms with Gasteiger partial charge >= 0.3 is 0 Å². The summed E-state index contributed by atoms with van der Waals surface area (Å²) in [5, 5.41) is 8.17. The molecule has 2 bridgehead atoms. The summed E-state index contributed by atoms with van der Waals surface area (Å²) in [4.78, 5) is 2.48. The van der Waals surface area contributed by atoms with E-state index in [0.717, 1.165) is 24.5 Å². The molecule has 1 aromatic rings. The summed E-state index contributed by atoms with van der Waals surface area (Å²) in [7, 11) is 2.26. The Kier molecular flexibility index (Phi) is 4.02. The molecule has 2 saturated heterocycles. The second-order valence-electron chi connectivity index (χ2n) is 6.13. The second-order valence-corrected chi connectivity index (χ2v) is 6.91. The summed E-state index contributed by atoms with van der Waals surface area (Å²) in [6.07, 6.45) is 7.07. The van der Waals surface area contributed by atoms with Crippen LogP contribution >= 0.6 is 11.3 Å². The van der Waals surface area contributed by atoms with Crippen molar-refractivity contribution in [3.8, 4) is 0 Å². The van der Waals surface area contributed by atoms with E-state index in [9.17, 15) is 0 Å². The third-order valence-electron chi connectivity index (χ3n) is 4.52. The predicted octanol–water partition coefficient (Wildman–Crippen LogP) is 3.10. The van der Waals surface area contributed by atoms with Crippen molar-refractivity contribution < 1.29 is 0 Å². The molecule has 2 nitrogen and oxygen atoms in total. The maximum absolute atomic E-state index is 3.73. The largest absolute Gasteiger partial charge is 0.311 e. The standard InChI is InChI=1S/C15H24N2S/c1-17(10-13-5-7-18-11-13)6-4-12-8-14-2-3-15(9-12)16-14/h5,7,11-12,14-16H,2-4,6,8-10H2,1H3. The van der Waals surface area contributed by atoms with Crippen molar-refractivity contribution in [3.05, 3.63) is 22.4 Å². The lowest BCUT2D eigenvalue weighted by atomic mass is 9.89. The van der Waals surface area contributed by atoms with Gasteiger partial charge in [-0.15, -0.1) is 0 Å². The third kappa shape index (κ3) is 3.14. The van der Waals surface area contributed by atoms with Gasteiger partial charge in [0.25, 0.3) is 0 Å². The molecule has 0 radical (unpaired) electrons. The van der Waals surface area contributed by atoms with Crippen molar-refractivity contribution >= 4 is 11.3 Å². The summed E-state index contributed by atoms with van der Waals surface area (Å²) < 4.78 is 0. The molecule has 3 rings (SSSR count). The first kappa shape index (κ1) is 12.6. The molecule has 3 heterocycles. The monoisotopic (exact) mass is 264 g/mol. The summed E-state index contributed by atoms with van der Waals surface area (Å²) in [6.45, 7) is 2.36. The molecule has 0 spiro atoms. The molecule has 0 aromatic carbocycles. The van der Waals surface area contributed by atoms with Crippen molar-refractivity contribution in [2.45, 2.75) is 50.7 Å². The van der Waals surface area contributed by atoms with E-state index >= 15 is 0 Å². The number of hydrogen-bond acceptors (Lipinski definition) is 3. The van der Waals surface area contributed by atoms with E-state index in [2.05, 4.69) is 34.1 Å². The fourth-order valence-electron chi connectivity index (χ4n) is 3.59. The Hall–Kier alpha value is -0.380. The highest BCUT2D eigenvalue weighted by molar-refractivity contribution is 7.07. The van der Waals surface area contributed by atoms with E-state index in [-0.39, 0.29) is 0 Å². The van der Waals surface area contributed by atoms with Gasteiger partial charge in [0.15, 0.2) is 0 Å². The normalized spacial score (nSPS) is 31.1. The number of rotatable bonds is 5. The Morgan fingerprint density at radius 2 is 2.11 bits per heavy atom. The zero-order valence-electron chi connectivity index (χ0n) is 11.3. The van der Waals surface area contributed by atoms with Crippen molar-refractivity contribution in [2.24, 2.45) is 5.92 Å². The topological polar surface area (TPSA) is 15.3 Å². The van der Waals surface area contributed by atoms with Crippen LogP contribution in [0.2, 0.25) is 0 Å². The zero-order valence-corrected chi connectivity index (χ0v) is 12.1. The molecule has 1 aromatic heterocycles. The molecule has 1 N–H and O–H groups in total. The summed E-state index contributed by atoms with van der Waals surface area (Å²) >= 11 is 1.80. The van der Waals surface area contributed by atoms with Gasteiger partial charge in [-0.2, -0.15) is 11.3 Å². The lowest BCUT2D eigenvalue weighted by Crippen LogP contribution is -2.38. The quantitative estimate of drug-likeness (QED) is 0.879. The first-order chi connectivity index (χ1) is 8.79. The Balaban J connectivity index is 1.41. The lowest BCUT2D eigenvalue weighted by Gasteiger charge is -2.30. The van der Waals surface area contributed by atoms with Crippen LogP contribution in [0.15, 0.2) is 16.8 Å². The molecule has 2 fully saturated rings. The molecule has 100 valence electrons. The minimum atomic E-state index is 0.843. The number of thiophene rings is 1. The van der Waals surface area contributed by atoms with Crippen LogP contribution in [-0.4, -0.2) is 30.6 Å². The average molecular weight is 264 g/mol. The summed E-state index contributed by atoms with van der Waals surface area (Å²) in [5.41, 5.74) is 1.47. The van der Waals surface area contributed by atoms with Gasteiger partial charge in [-0.25, -0.2) is 0 Å². The van der Waals surface area contributed by atoms with Crippen LogP contribution in [0.1, 0.15) is 37.7 Å². The van der Waals surface area contributed by atoms with Gasteiger partial charge in [-0.3, -0.25) is 0 Å². The van der Waals surface area contributed by atoms with E-state index in [0.29, 0.717) is 0 Å². The molecular weight excluding hydrogens is 240 g/mol. The van der Waals surface area contributed by atoms with Crippen LogP contribution in [0.4, 0.5) is 0 Å². The Morgan fingerprint density at radius 1 is 1.33 bits per heavy atom.